The molecule has 2 unspecified atom stereocenters. The summed E-state index contributed by atoms with van der Waals surface area (Å²) in [4.78, 5) is 1.95. The fourth-order valence-electron chi connectivity index (χ4n) is 2.45. The fourth-order valence-corrected chi connectivity index (χ4v) is 2.45. The summed E-state index contributed by atoms with van der Waals surface area (Å²) < 4.78 is 13.1. The summed E-state index contributed by atoms with van der Waals surface area (Å²) in [5.74, 6) is -0.415. The molecule has 0 heterocycles. The molecule has 2 aromatic rings. The van der Waals surface area contributed by atoms with Crippen LogP contribution in [0.3, 0.4) is 0 Å². The van der Waals surface area contributed by atoms with Crippen LogP contribution < -0.4 is 0 Å². The minimum atomic E-state index is -0.544. The molecule has 0 aliphatic heterocycles. The topological polar surface area (TPSA) is 23.5 Å². The highest BCUT2D eigenvalue weighted by molar-refractivity contribution is 5.34. The highest BCUT2D eigenvalue weighted by Crippen LogP contribution is 2.28. The standard InChI is InChI=1S/C17H20FNO/c1-19(2)12-16(20)17(13-6-4-3-5-7-13)14-8-10-15(18)11-9-14/h3-11,16-17,20H,12H2,1-2H3. The Morgan fingerprint density at radius 2 is 1.50 bits per heavy atom. The molecule has 20 heavy (non-hydrogen) atoms. The molecule has 0 aliphatic carbocycles. The van der Waals surface area contributed by atoms with E-state index in [1.54, 1.807) is 12.1 Å². The molecule has 2 aromatic carbocycles. The minimum Gasteiger partial charge on any atom is -0.391 e. The van der Waals surface area contributed by atoms with Crippen molar-refractivity contribution in [3.63, 3.8) is 0 Å². The Balaban J connectivity index is 2.36. The third kappa shape index (κ3) is 3.65. The molecule has 0 aliphatic rings. The second-order valence-corrected chi connectivity index (χ2v) is 5.27. The first-order chi connectivity index (χ1) is 9.58. The maximum atomic E-state index is 13.1. The van der Waals surface area contributed by atoms with Crippen LogP contribution in [0.15, 0.2) is 54.6 Å². The summed E-state index contributed by atoms with van der Waals surface area (Å²) in [6.45, 7) is 0.553. The van der Waals surface area contributed by atoms with Crippen LogP contribution >= 0.6 is 0 Å². The van der Waals surface area contributed by atoms with E-state index in [0.717, 1.165) is 11.1 Å². The van der Waals surface area contributed by atoms with Gasteiger partial charge in [0, 0.05) is 12.5 Å². The van der Waals surface area contributed by atoms with Crippen LogP contribution in [0.4, 0.5) is 4.39 Å². The summed E-state index contributed by atoms with van der Waals surface area (Å²) in [5, 5.41) is 10.5. The van der Waals surface area contributed by atoms with Crippen LogP contribution in [0.1, 0.15) is 17.0 Å². The molecule has 1 N–H and O–H groups in total. The lowest BCUT2D eigenvalue weighted by Gasteiger charge is -2.26. The highest BCUT2D eigenvalue weighted by Gasteiger charge is 2.23. The van der Waals surface area contributed by atoms with E-state index in [9.17, 15) is 9.50 Å². The number of halogens is 1. The number of hydrogen-bond donors (Lipinski definition) is 1. The van der Waals surface area contributed by atoms with Crippen molar-refractivity contribution < 1.29 is 9.50 Å². The molecular formula is C17H20FNO. The molecule has 0 spiro atoms. The number of rotatable bonds is 5. The Labute approximate surface area is 119 Å². The molecule has 0 saturated heterocycles. The van der Waals surface area contributed by atoms with Gasteiger partial charge in [-0.15, -0.1) is 0 Å². The Hall–Kier alpha value is -1.71. The van der Waals surface area contributed by atoms with Crippen LogP contribution in [0.25, 0.3) is 0 Å². The molecule has 0 amide bonds. The molecule has 106 valence electrons. The van der Waals surface area contributed by atoms with Gasteiger partial charge in [0.15, 0.2) is 0 Å². The molecule has 0 aromatic heterocycles. The van der Waals surface area contributed by atoms with Gasteiger partial charge in [0.05, 0.1) is 6.10 Å². The van der Waals surface area contributed by atoms with E-state index in [1.807, 2.05) is 49.3 Å². The lowest BCUT2D eigenvalue weighted by molar-refractivity contribution is 0.121. The van der Waals surface area contributed by atoms with Crippen molar-refractivity contribution in [1.82, 2.24) is 4.90 Å². The molecule has 2 atom stereocenters. The lowest BCUT2D eigenvalue weighted by Crippen LogP contribution is -2.31. The molecule has 0 fully saturated rings. The third-order valence-corrected chi connectivity index (χ3v) is 3.32. The van der Waals surface area contributed by atoms with E-state index >= 15 is 0 Å². The Morgan fingerprint density at radius 3 is 2.05 bits per heavy atom. The van der Waals surface area contributed by atoms with Crippen LogP contribution in [0.5, 0.6) is 0 Å². The first kappa shape index (κ1) is 14.7. The zero-order valence-electron chi connectivity index (χ0n) is 11.8. The second kappa shape index (κ2) is 6.64. The largest absolute Gasteiger partial charge is 0.391 e. The first-order valence-electron chi connectivity index (χ1n) is 6.71. The van der Waals surface area contributed by atoms with Crippen LogP contribution in [0, 0.1) is 5.82 Å². The van der Waals surface area contributed by atoms with Gasteiger partial charge in [0.2, 0.25) is 0 Å². The van der Waals surface area contributed by atoms with Crippen molar-refractivity contribution >= 4 is 0 Å². The van der Waals surface area contributed by atoms with Gasteiger partial charge in [-0.1, -0.05) is 42.5 Å². The van der Waals surface area contributed by atoms with E-state index in [-0.39, 0.29) is 11.7 Å². The summed E-state index contributed by atoms with van der Waals surface area (Å²) in [7, 11) is 3.85. The average Bonchev–Trinajstić information content (AvgIpc) is 2.42. The van der Waals surface area contributed by atoms with Crippen molar-refractivity contribution in [3.05, 3.63) is 71.5 Å². The van der Waals surface area contributed by atoms with Gasteiger partial charge in [0.1, 0.15) is 5.82 Å². The van der Waals surface area contributed by atoms with Gasteiger partial charge in [-0.2, -0.15) is 0 Å². The first-order valence-corrected chi connectivity index (χ1v) is 6.71. The quantitative estimate of drug-likeness (QED) is 0.905. The zero-order chi connectivity index (χ0) is 14.5. The van der Waals surface area contributed by atoms with Gasteiger partial charge >= 0.3 is 0 Å². The molecule has 2 rings (SSSR count). The van der Waals surface area contributed by atoms with E-state index < -0.39 is 6.10 Å². The Kier molecular flexibility index (Phi) is 4.88. The zero-order valence-corrected chi connectivity index (χ0v) is 11.8. The Morgan fingerprint density at radius 1 is 0.950 bits per heavy atom. The van der Waals surface area contributed by atoms with E-state index in [4.69, 9.17) is 0 Å². The SMILES string of the molecule is CN(C)CC(O)C(c1ccccc1)c1ccc(F)cc1. The van der Waals surface area contributed by atoms with Crippen LogP contribution in [0.2, 0.25) is 0 Å². The van der Waals surface area contributed by atoms with Crippen molar-refractivity contribution in [1.29, 1.82) is 0 Å². The number of aliphatic hydroxyl groups excluding tert-OH is 1. The minimum absolute atomic E-state index is 0.154. The van der Waals surface area contributed by atoms with Crippen LogP contribution in [-0.2, 0) is 0 Å². The third-order valence-electron chi connectivity index (χ3n) is 3.32. The van der Waals surface area contributed by atoms with Crippen molar-refractivity contribution in [3.8, 4) is 0 Å². The van der Waals surface area contributed by atoms with E-state index in [0.29, 0.717) is 6.54 Å². The number of likely N-dealkylation sites (N-methyl/N-ethyl adjacent to an activating group) is 1. The lowest BCUT2D eigenvalue weighted by atomic mass is 9.86. The number of aliphatic hydroxyl groups is 1. The molecule has 0 radical (unpaired) electrons. The van der Waals surface area contributed by atoms with Crippen molar-refractivity contribution in [2.45, 2.75) is 12.0 Å². The number of benzene rings is 2. The fraction of sp³-hybridized carbons (Fsp3) is 0.294. The van der Waals surface area contributed by atoms with Gasteiger partial charge in [-0.05, 0) is 37.4 Å². The number of nitrogens with zero attached hydrogens (tertiary/aromatic N) is 1. The van der Waals surface area contributed by atoms with Gasteiger partial charge in [0.25, 0.3) is 0 Å². The molecule has 3 heteroatoms. The molecular weight excluding hydrogens is 253 g/mol. The van der Waals surface area contributed by atoms with Gasteiger partial charge in [-0.25, -0.2) is 4.39 Å². The van der Waals surface area contributed by atoms with Crippen LogP contribution in [-0.4, -0.2) is 36.8 Å². The van der Waals surface area contributed by atoms with Gasteiger partial charge < -0.3 is 10.0 Å². The maximum Gasteiger partial charge on any atom is 0.123 e. The smallest absolute Gasteiger partial charge is 0.123 e. The molecule has 0 saturated carbocycles. The molecule has 2 nitrogen and oxygen atoms in total. The summed E-state index contributed by atoms with van der Waals surface area (Å²) >= 11 is 0. The predicted octanol–water partition coefficient (Wildman–Crippen LogP) is 2.88. The monoisotopic (exact) mass is 273 g/mol. The maximum absolute atomic E-state index is 13.1. The molecule has 0 bridgehead atoms. The number of hydrogen-bond acceptors (Lipinski definition) is 2. The predicted molar refractivity (Wildman–Crippen MR) is 79.2 cm³/mol. The summed E-state index contributed by atoms with van der Waals surface area (Å²) in [6.07, 6.45) is -0.544. The van der Waals surface area contributed by atoms with Gasteiger partial charge in [-0.3, -0.25) is 0 Å². The summed E-state index contributed by atoms with van der Waals surface area (Å²) in [5.41, 5.74) is 1.96. The van der Waals surface area contributed by atoms with Crippen molar-refractivity contribution in [2.24, 2.45) is 0 Å². The van der Waals surface area contributed by atoms with Crippen molar-refractivity contribution in [2.75, 3.05) is 20.6 Å². The van der Waals surface area contributed by atoms with E-state index in [2.05, 4.69) is 0 Å². The second-order valence-electron chi connectivity index (χ2n) is 5.27. The summed E-state index contributed by atoms with van der Waals surface area (Å²) in [6, 6.07) is 16.2. The Bertz CT molecular complexity index is 524. The highest BCUT2D eigenvalue weighted by atomic mass is 19.1. The van der Waals surface area contributed by atoms with E-state index in [1.165, 1.54) is 12.1 Å². The normalized spacial score (nSPS) is 14.2. The average molecular weight is 273 g/mol.